The molecular formula is C17H23N3. The Morgan fingerprint density at radius 3 is 2.40 bits per heavy atom. The molecule has 0 amide bonds. The van der Waals surface area contributed by atoms with Crippen LogP contribution in [0.25, 0.3) is 0 Å². The van der Waals surface area contributed by atoms with Crippen LogP contribution in [-0.2, 0) is 12.8 Å². The molecule has 1 heterocycles. The Bertz CT molecular complexity index is 493. The van der Waals surface area contributed by atoms with Gasteiger partial charge in [0.1, 0.15) is 6.33 Å². The number of aromatic nitrogens is 2. The summed E-state index contributed by atoms with van der Waals surface area (Å²) in [5, 5.41) is 3.57. The lowest BCUT2D eigenvalue weighted by molar-refractivity contribution is 0.517. The molecule has 1 atom stereocenters. The number of rotatable bonds is 7. The number of aryl methyl sites for hydroxylation is 1. The summed E-state index contributed by atoms with van der Waals surface area (Å²) in [6, 6.07) is 11.1. The number of benzene rings is 1. The van der Waals surface area contributed by atoms with Crippen LogP contribution in [0.2, 0.25) is 0 Å². The Balaban J connectivity index is 2.10. The van der Waals surface area contributed by atoms with E-state index in [1.807, 2.05) is 12.3 Å². The summed E-state index contributed by atoms with van der Waals surface area (Å²) in [7, 11) is 0. The molecule has 3 heteroatoms. The third kappa shape index (κ3) is 4.14. The van der Waals surface area contributed by atoms with Crippen molar-refractivity contribution in [3.05, 3.63) is 59.7 Å². The first-order valence-corrected chi connectivity index (χ1v) is 7.40. The Labute approximate surface area is 121 Å². The quantitative estimate of drug-likeness (QED) is 0.838. The van der Waals surface area contributed by atoms with Gasteiger partial charge in [-0.15, -0.1) is 0 Å². The second-order valence-electron chi connectivity index (χ2n) is 5.02. The summed E-state index contributed by atoms with van der Waals surface area (Å²) in [4.78, 5) is 8.39. The topological polar surface area (TPSA) is 37.8 Å². The van der Waals surface area contributed by atoms with Gasteiger partial charge in [0.2, 0.25) is 0 Å². The summed E-state index contributed by atoms with van der Waals surface area (Å²) in [6.45, 7) is 5.36. The van der Waals surface area contributed by atoms with Crippen molar-refractivity contribution >= 4 is 0 Å². The van der Waals surface area contributed by atoms with Gasteiger partial charge >= 0.3 is 0 Å². The Morgan fingerprint density at radius 1 is 1.05 bits per heavy atom. The number of nitrogens with zero attached hydrogens (tertiary/aromatic N) is 2. The molecule has 0 aliphatic heterocycles. The highest BCUT2D eigenvalue weighted by Gasteiger charge is 2.12. The molecule has 0 aliphatic rings. The molecule has 0 aliphatic carbocycles. The van der Waals surface area contributed by atoms with Crippen molar-refractivity contribution in [2.45, 2.75) is 39.2 Å². The lowest BCUT2D eigenvalue weighted by atomic mass is 10.0. The molecule has 3 nitrogen and oxygen atoms in total. The van der Waals surface area contributed by atoms with Crippen molar-refractivity contribution in [1.82, 2.24) is 15.3 Å². The smallest absolute Gasteiger partial charge is 0.115 e. The molecule has 0 saturated carbocycles. The van der Waals surface area contributed by atoms with Crippen LogP contribution in [0, 0.1) is 0 Å². The summed E-state index contributed by atoms with van der Waals surface area (Å²) in [6.07, 6.45) is 6.60. The van der Waals surface area contributed by atoms with Crippen molar-refractivity contribution in [2.24, 2.45) is 0 Å². The van der Waals surface area contributed by atoms with Crippen LogP contribution in [0.15, 0.2) is 42.9 Å². The monoisotopic (exact) mass is 269 g/mol. The van der Waals surface area contributed by atoms with Crippen LogP contribution in [0.1, 0.15) is 43.1 Å². The van der Waals surface area contributed by atoms with Crippen LogP contribution in [-0.4, -0.2) is 16.5 Å². The van der Waals surface area contributed by atoms with Crippen molar-refractivity contribution in [1.29, 1.82) is 0 Å². The summed E-state index contributed by atoms with van der Waals surface area (Å²) >= 11 is 0. The Kier molecular flexibility index (Phi) is 5.69. The minimum atomic E-state index is 0.255. The van der Waals surface area contributed by atoms with Crippen molar-refractivity contribution in [3.63, 3.8) is 0 Å². The summed E-state index contributed by atoms with van der Waals surface area (Å²) in [5.74, 6) is 0. The van der Waals surface area contributed by atoms with Crippen LogP contribution in [0.4, 0.5) is 0 Å². The first kappa shape index (κ1) is 14.7. The zero-order valence-corrected chi connectivity index (χ0v) is 12.3. The molecule has 0 saturated heterocycles. The van der Waals surface area contributed by atoms with Crippen molar-refractivity contribution in [3.8, 4) is 0 Å². The maximum absolute atomic E-state index is 4.39. The maximum Gasteiger partial charge on any atom is 0.115 e. The van der Waals surface area contributed by atoms with Crippen molar-refractivity contribution in [2.75, 3.05) is 6.54 Å². The van der Waals surface area contributed by atoms with Gasteiger partial charge in [-0.2, -0.15) is 0 Å². The van der Waals surface area contributed by atoms with E-state index in [1.165, 1.54) is 11.1 Å². The normalized spacial score (nSPS) is 12.3. The Hall–Kier alpha value is -1.74. The van der Waals surface area contributed by atoms with E-state index in [9.17, 15) is 0 Å². The predicted molar refractivity (Wildman–Crippen MR) is 82.6 cm³/mol. The van der Waals surface area contributed by atoms with E-state index in [-0.39, 0.29) is 6.04 Å². The summed E-state index contributed by atoms with van der Waals surface area (Å²) < 4.78 is 0. The second kappa shape index (κ2) is 7.75. The third-order valence-corrected chi connectivity index (χ3v) is 3.47. The fourth-order valence-electron chi connectivity index (χ4n) is 2.25. The van der Waals surface area contributed by atoms with E-state index >= 15 is 0 Å². The zero-order chi connectivity index (χ0) is 14.2. The number of nitrogens with one attached hydrogen (secondary N) is 1. The highest BCUT2D eigenvalue weighted by molar-refractivity contribution is 5.24. The molecule has 106 valence electrons. The zero-order valence-electron chi connectivity index (χ0n) is 12.3. The van der Waals surface area contributed by atoms with Gasteiger partial charge in [-0.05, 0) is 43.0 Å². The second-order valence-corrected chi connectivity index (χ2v) is 5.02. The van der Waals surface area contributed by atoms with Gasteiger partial charge in [-0.1, -0.05) is 38.1 Å². The minimum Gasteiger partial charge on any atom is -0.308 e. The molecule has 2 rings (SSSR count). The minimum absolute atomic E-state index is 0.255. The fraction of sp³-hybridized carbons (Fsp3) is 0.412. The van der Waals surface area contributed by atoms with Gasteiger partial charge in [-0.3, -0.25) is 0 Å². The first-order chi connectivity index (χ1) is 9.83. The highest BCUT2D eigenvalue weighted by Crippen LogP contribution is 2.17. The van der Waals surface area contributed by atoms with Crippen LogP contribution in [0.3, 0.4) is 0 Å². The van der Waals surface area contributed by atoms with Crippen LogP contribution >= 0.6 is 0 Å². The van der Waals surface area contributed by atoms with Gasteiger partial charge in [0.25, 0.3) is 0 Å². The third-order valence-electron chi connectivity index (χ3n) is 3.47. The van der Waals surface area contributed by atoms with E-state index in [0.717, 1.165) is 31.5 Å². The van der Waals surface area contributed by atoms with Gasteiger partial charge in [0.05, 0.1) is 11.7 Å². The van der Waals surface area contributed by atoms with Crippen molar-refractivity contribution < 1.29 is 0 Å². The average molecular weight is 269 g/mol. The molecule has 0 radical (unpaired) electrons. The molecule has 1 unspecified atom stereocenters. The largest absolute Gasteiger partial charge is 0.308 e. The SMILES string of the molecule is CCCNC(Cc1ccc(CC)cc1)c1ccncn1. The molecular weight excluding hydrogens is 246 g/mol. The van der Waals surface area contributed by atoms with Crippen LogP contribution in [0.5, 0.6) is 0 Å². The maximum atomic E-state index is 4.39. The molecule has 0 spiro atoms. The molecule has 0 bridgehead atoms. The molecule has 1 aromatic carbocycles. The predicted octanol–water partition coefficient (Wildman–Crippen LogP) is 3.32. The van der Waals surface area contributed by atoms with Gasteiger partial charge in [0.15, 0.2) is 0 Å². The lowest BCUT2D eigenvalue weighted by Gasteiger charge is -2.18. The summed E-state index contributed by atoms with van der Waals surface area (Å²) in [5.41, 5.74) is 3.79. The molecule has 1 N–H and O–H groups in total. The van der Waals surface area contributed by atoms with E-state index in [2.05, 4.69) is 53.4 Å². The van der Waals surface area contributed by atoms with E-state index < -0.39 is 0 Å². The molecule has 2 aromatic rings. The van der Waals surface area contributed by atoms with E-state index in [1.54, 1.807) is 6.33 Å². The molecule has 20 heavy (non-hydrogen) atoms. The van der Waals surface area contributed by atoms with Gasteiger partial charge in [-0.25, -0.2) is 9.97 Å². The first-order valence-electron chi connectivity index (χ1n) is 7.40. The van der Waals surface area contributed by atoms with E-state index in [0.29, 0.717) is 0 Å². The highest BCUT2D eigenvalue weighted by atomic mass is 14.9. The Morgan fingerprint density at radius 2 is 1.80 bits per heavy atom. The molecule has 0 fully saturated rings. The van der Waals surface area contributed by atoms with Crippen LogP contribution < -0.4 is 5.32 Å². The number of hydrogen-bond donors (Lipinski definition) is 1. The van der Waals surface area contributed by atoms with Gasteiger partial charge in [0, 0.05) is 6.20 Å². The van der Waals surface area contributed by atoms with Gasteiger partial charge < -0.3 is 5.32 Å². The average Bonchev–Trinajstić information content (AvgIpc) is 2.53. The fourth-order valence-corrected chi connectivity index (χ4v) is 2.25. The lowest BCUT2D eigenvalue weighted by Crippen LogP contribution is -2.25. The molecule has 1 aromatic heterocycles. The number of hydrogen-bond acceptors (Lipinski definition) is 3. The van der Waals surface area contributed by atoms with E-state index in [4.69, 9.17) is 0 Å². The standard InChI is InChI=1S/C17H23N3/c1-3-10-19-17(16-9-11-18-13-20-16)12-15-7-5-14(4-2)6-8-15/h5-9,11,13,17,19H,3-4,10,12H2,1-2H3.